The van der Waals surface area contributed by atoms with Gasteiger partial charge in [-0.15, -0.1) is 0 Å². The lowest BCUT2D eigenvalue weighted by Crippen LogP contribution is -2.39. The van der Waals surface area contributed by atoms with Gasteiger partial charge in [0, 0.05) is 18.2 Å². The van der Waals surface area contributed by atoms with Gasteiger partial charge in [-0.1, -0.05) is 0 Å². The molecule has 0 spiro atoms. The van der Waals surface area contributed by atoms with E-state index < -0.39 is 6.10 Å². The van der Waals surface area contributed by atoms with Crippen LogP contribution in [0.3, 0.4) is 0 Å². The molecule has 1 aromatic carbocycles. The number of methoxy groups -OCH3 is 1. The van der Waals surface area contributed by atoms with Gasteiger partial charge in [0.2, 0.25) is 0 Å². The SMILES string of the molecule is CCNC(=NCc1ccc(OC)cc1OC1CCCC1)NCC(O)c1ccco1. The van der Waals surface area contributed by atoms with Gasteiger partial charge < -0.3 is 29.6 Å². The van der Waals surface area contributed by atoms with E-state index in [0.717, 1.165) is 36.4 Å². The molecule has 0 bridgehead atoms. The zero-order valence-corrected chi connectivity index (χ0v) is 17.2. The Kier molecular flexibility index (Phi) is 7.81. The van der Waals surface area contributed by atoms with Gasteiger partial charge in [0.25, 0.3) is 0 Å². The maximum Gasteiger partial charge on any atom is 0.191 e. The highest BCUT2D eigenvalue weighted by Gasteiger charge is 2.18. The summed E-state index contributed by atoms with van der Waals surface area (Å²) in [6.07, 6.45) is 5.69. The number of rotatable bonds is 9. The van der Waals surface area contributed by atoms with E-state index in [1.165, 1.54) is 12.8 Å². The van der Waals surface area contributed by atoms with Crippen LogP contribution in [0.15, 0.2) is 46.0 Å². The van der Waals surface area contributed by atoms with E-state index in [1.54, 1.807) is 25.5 Å². The minimum absolute atomic E-state index is 0.264. The number of aliphatic hydroxyl groups is 1. The molecule has 29 heavy (non-hydrogen) atoms. The zero-order chi connectivity index (χ0) is 20.5. The summed E-state index contributed by atoms with van der Waals surface area (Å²) < 4.78 is 16.8. The van der Waals surface area contributed by atoms with Crippen molar-refractivity contribution < 1.29 is 19.0 Å². The molecule has 0 radical (unpaired) electrons. The van der Waals surface area contributed by atoms with Gasteiger partial charge in [-0.05, 0) is 56.9 Å². The van der Waals surface area contributed by atoms with E-state index >= 15 is 0 Å². The highest BCUT2D eigenvalue weighted by molar-refractivity contribution is 5.79. The molecule has 1 aromatic heterocycles. The van der Waals surface area contributed by atoms with Gasteiger partial charge in [0.1, 0.15) is 23.4 Å². The van der Waals surface area contributed by atoms with Gasteiger partial charge in [-0.3, -0.25) is 0 Å². The number of aliphatic imine (C=N–C) groups is 1. The largest absolute Gasteiger partial charge is 0.497 e. The lowest BCUT2D eigenvalue weighted by atomic mass is 10.2. The van der Waals surface area contributed by atoms with Gasteiger partial charge in [0.05, 0.1) is 32.6 Å². The van der Waals surface area contributed by atoms with Crippen LogP contribution >= 0.6 is 0 Å². The first kappa shape index (κ1) is 21.0. The van der Waals surface area contributed by atoms with Gasteiger partial charge in [0.15, 0.2) is 5.96 Å². The molecule has 1 atom stereocenters. The van der Waals surface area contributed by atoms with Crippen LogP contribution in [0, 0.1) is 0 Å². The lowest BCUT2D eigenvalue weighted by Gasteiger charge is -2.18. The van der Waals surface area contributed by atoms with Crippen LogP contribution in [0.5, 0.6) is 11.5 Å². The number of nitrogens with zero attached hydrogens (tertiary/aromatic N) is 1. The number of hydrogen-bond acceptors (Lipinski definition) is 5. The number of hydrogen-bond donors (Lipinski definition) is 3. The predicted molar refractivity (Wildman–Crippen MR) is 112 cm³/mol. The fourth-order valence-electron chi connectivity index (χ4n) is 3.37. The van der Waals surface area contributed by atoms with E-state index in [0.29, 0.717) is 24.8 Å². The summed E-state index contributed by atoms with van der Waals surface area (Å²) in [6, 6.07) is 9.36. The van der Waals surface area contributed by atoms with Crippen LogP contribution in [-0.2, 0) is 6.54 Å². The molecule has 3 rings (SSSR count). The highest BCUT2D eigenvalue weighted by Crippen LogP contribution is 2.30. The normalized spacial score (nSPS) is 15.9. The van der Waals surface area contributed by atoms with Gasteiger partial charge in [-0.25, -0.2) is 4.99 Å². The van der Waals surface area contributed by atoms with Crippen molar-refractivity contribution in [3.05, 3.63) is 47.9 Å². The third-order valence-electron chi connectivity index (χ3n) is 4.96. The van der Waals surface area contributed by atoms with Crippen molar-refractivity contribution in [2.75, 3.05) is 20.2 Å². The van der Waals surface area contributed by atoms with Crippen molar-refractivity contribution in [1.29, 1.82) is 0 Å². The van der Waals surface area contributed by atoms with Crippen LogP contribution in [0.2, 0.25) is 0 Å². The second-order valence-corrected chi connectivity index (χ2v) is 7.11. The Labute approximate surface area is 172 Å². The summed E-state index contributed by atoms with van der Waals surface area (Å²) in [6.45, 7) is 3.48. The quantitative estimate of drug-likeness (QED) is 0.441. The van der Waals surface area contributed by atoms with Crippen LogP contribution in [0.4, 0.5) is 0 Å². The Morgan fingerprint density at radius 2 is 2.10 bits per heavy atom. The van der Waals surface area contributed by atoms with E-state index in [4.69, 9.17) is 13.9 Å². The van der Waals surface area contributed by atoms with Crippen molar-refractivity contribution in [3.63, 3.8) is 0 Å². The Balaban J connectivity index is 1.67. The minimum Gasteiger partial charge on any atom is -0.497 e. The van der Waals surface area contributed by atoms with Crippen molar-refractivity contribution in [2.45, 2.75) is 51.4 Å². The molecule has 0 aliphatic heterocycles. The van der Waals surface area contributed by atoms with Crippen LogP contribution in [0.1, 0.15) is 50.0 Å². The average molecular weight is 402 g/mol. The number of nitrogens with one attached hydrogen (secondary N) is 2. The summed E-state index contributed by atoms with van der Waals surface area (Å²) in [5, 5.41) is 16.6. The molecule has 0 saturated heterocycles. The standard InChI is InChI=1S/C22H31N3O4/c1-3-23-22(25-15-19(26)20-9-6-12-28-20)24-14-16-10-11-18(27-2)13-21(16)29-17-7-4-5-8-17/h6,9-13,17,19,26H,3-5,7-8,14-15H2,1-2H3,(H2,23,24,25). The van der Waals surface area contributed by atoms with E-state index in [-0.39, 0.29) is 6.10 Å². The number of guanidine groups is 1. The Hall–Kier alpha value is -2.67. The van der Waals surface area contributed by atoms with Crippen molar-refractivity contribution in [3.8, 4) is 11.5 Å². The molecule has 7 heteroatoms. The third kappa shape index (κ3) is 6.15. The lowest BCUT2D eigenvalue weighted by molar-refractivity contribution is 0.153. The van der Waals surface area contributed by atoms with Gasteiger partial charge in [-0.2, -0.15) is 0 Å². The van der Waals surface area contributed by atoms with E-state index in [9.17, 15) is 5.11 Å². The summed E-state index contributed by atoms with van der Waals surface area (Å²) in [5.74, 6) is 2.75. The van der Waals surface area contributed by atoms with E-state index in [2.05, 4.69) is 15.6 Å². The molecule has 158 valence electrons. The molecule has 3 N–H and O–H groups in total. The highest BCUT2D eigenvalue weighted by atomic mass is 16.5. The van der Waals surface area contributed by atoms with Crippen molar-refractivity contribution in [2.24, 2.45) is 4.99 Å². The fraction of sp³-hybridized carbons (Fsp3) is 0.500. The summed E-state index contributed by atoms with van der Waals surface area (Å²) >= 11 is 0. The van der Waals surface area contributed by atoms with Gasteiger partial charge >= 0.3 is 0 Å². The van der Waals surface area contributed by atoms with Crippen LogP contribution < -0.4 is 20.1 Å². The molecular formula is C22H31N3O4. The molecule has 1 saturated carbocycles. The minimum atomic E-state index is -0.740. The smallest absolute Gasteiger partial charge is 0.191 e. The molecule has 1 aliphatic carbocycles. The first-order chi connectivity index (χ1) is 14.2. The topological polar surface area (TPSA) is 88.3 Å². The number of aliphatic hydroxyl groups excluding tert-OH is 1. The van der Waals surface area contributed by atoms with Crippen molar-refractivity contribution in [1.82, 2.24) is 10.6 Å². The molecule has 2 aromatic rings. The second kappa shape index (κ2) is 10.8. The second-order valence-electron chi connectivity index (χ2n) is 7.11. The Bertz CT molecular complexity index is 770. The Morgan fingerprint density at radius 1 is 1.28 bits per heavy atom. The monoisotopic (exact) mass is 401 g/mol. The zero-order valence-electron chi connectivity index (χ0n) is 17.2. The van der Waals surface area contributed by atoms with Crippen molar-refractivity contribution >= 4 is 5.96 Å². The number of furan rings is 1. The van der Waals surface area contributed by atoms with Crippen LogP contribution in [0.25, 0.3) is 0 Å². The predicted octanol–water partition coefficient (Wildman–Crippen LogP) is 3.40. The first-order valence-corrected chi connectivity index (χ1v) is 10.3. The molecule has 1 fully saturated rings. The molecule has 7 nitrogen and oxygen atoms in total. The molecule has 1 aliphatic rings. The number of ether oxygens (including phenoxy) is 2. The fourth-order valence-corrected chi connectivity index (χ4v) is 3.37. The molecule has 0 amide bonds. The number of benzene rings is 1. The summed E-state index contributed by atoms with van der Waals surface area (Å²) in [5.41, 5.74) is 1.00. The maximum atomic E-state index is 10.2. The summed E-state index contributed by atoms with van der Waals surface area (Å²) in [7, 11) is 1.66. The first-order valence-electron chi connectivity index (χ1n) is 10.3. The molecule has 1 unspecified atom stereocenters. The summed E-state index contributed by atoms with van der Waals surface area (Å²) in [4.78, 5) is 4.66. The average Bonchev–Trinajstić information content (AvgIpc) is 3.44. The van der Waals surface area contributed by atoms with Crippen LogP contribution in [-0.4, -0.2) is 37.4 Å². The maximum absolute atomic E-state index is 10.2. The van der Waals surface area contributed by atoms with E-state index in [1.807, 2.05) is 25.1 Å². The third-order valence-corrected chi connectivity index (χ3v) is 4.96. The molecule has 1 heterocycles. The molecular weight excluding hydrogens is 370 g/mol. The Morgan fingerprint density at radius 3 is 2.79 bits per heavy atom.